The number of hydrogen-bond donors (Lipinski definition) is 2. The van der Waals surface area contributed by atoms with Crippen LogP contribution in [0.25, 0.3) is 0 Å². The third-order valence-electron chi connectivity index (χ3n) is 3.52. The van der Waals surface area contributed by atoms with Crippen LogP contribution in [0.2, 0.25) is 0 Å². The minimum atomic E-state index is -0.350. The maximum atomic E-state index is 12.2. The first-order valence-electron chi connectivity index (χ1n) is 7.48. The largest absolute Gasteiger partial charge is 0.497 e. The van der Waals surface area contributed by atoms with Crippen molar-refractivity contribution in [2.45, 2.75) is 13.0 Å². The molecule has 0 aliphatic heterocycles. The zero-order chi connectivity index (χ0) is 16.8. The molecule has 0 saturated carbocycles. The fourth-order valence-electron chi connectivity index (χ4n) is 2.10. The van der Waals surface area contributed by atoms with E-state index in [1.165, 1.54) is 0 Å². The minimum Gasteiger partial charge on any atom is -0.497 e. The van der Waals surface area contributed by atoms with Crippen molar-refractivity contribution in [3.05, 3.63) is 48.5 Å². The van der Waals surface area contributed by atoms with Crippen LogP contribution in [-0.4, -0.2) is 33.2 Å². The van der Waals surface area contributed by atoms with E-state index in [1.807, 2.05) is 74.4 Å². The zero-order valence-electron chi connectivity index (χ0n) is 14.0. The highest BCUT2D eigenvalue weighted by molar-refractivity contribution is 5.96. The summed E-state index contributed by atoms with van der Waals surface area (Å²) in [5, 5.41) is 6.07. The quantitative estimate of drug-likeness (QED) is 0.860. The van der Waals surface area contributed by atoms with Gasteiger partial charge in [-0.05, 0) is 55.5 Å². The summed E-state index contributed by atoms with van der Waals surface area (Å²) < 4.78 is 5.12. The lowest BCUT2D eigenvalue weighted by atomic mass is 10.2. The van der Waals surface area contributed by atoms with Gasteiger partial charge in [-0.25, -0.2) is 0 Å². The van der Waals surface area contributed by atoms with E-state index in [9.17, 15) is 4.79 Å². The number of carbonyl (C=O) groups is 1. The summed E-state index contributed by atoms with van der Waals surface area (Å²) in [6.45, 7) is 1.83. The van der Waals surface area contributed by atoms with E-state index in [0.29, 0.717) is 0 Å². The van der Waals surface area contributed by atoms with Crippen molar-refractivity contribution in [1.29, 1.82) is 0 Å². The molecule has 0 aliphatic carbocycles. The van der Waals surface area contributed by atoms with Crippen LogP contribution in [0.4, 0.5) is 17.1 Å². The lowest BCUT2D eigenvalue weighted by molar-refractivity contribution is -0.116. The molecule has 23 heavy (non-hydrogen) atoms. The Bertz CT molecular complexity index is 636. The Morgan fingerprint density at radius 2 is 1.57 bits per heavy atom. The standard InChI is InChI=1S/C18H23N3O2/c1-13(19-14-7-11-17(23-4)12-8-14)18(22)20-15-5-9-16(10-6-15)21(2)3/h5-13,19H,1-4H3,(H,20,22)/t13-/m1/s1. The number of nitrogens with one attached hydrogen (secondary N) is 2. The summed E-state index contributed by atoms with van der Waals surface area (Å²) in [7, 11) is 5.59. The molecule has 2 aromatic rings. The molecule has 0 spiro atoms. The molecule has 2 aromatic carbocycles. The summed E-state index contributed by atoms with van der Waals surface area (Å²) in [5.74, 6) is 0.701. The van der Waals surface area contributed by atoms with Gasteiger partial charge in [0.1, 0.15) is 11.8 Å². The van der Waals surface area contributed by atoms with Crippen LogP contribution in [0.5, 0.6) is 5.75 Å². The highest BCUT2D eigenvalue weighted by atomic mass is 16.5. The summed E-state index contributed by atoms with van der Waals surface area (Å²) in [4.78, 5) is 14.3. The summed E-state index contributed by atoms with van der Waals surface area (Å²) >= 11 is 0. The molecule has 5 heteroatoms. The molecule has 0 unspecified atom stereocenters. The Balaban J connectivity index is 1.93. The Labute approximate surface area is 137 Å². The molecule has 0 saturated heterocycles. The molecule has 0 fully saturated rings. The van der Waals surface area contributed by atoms with Gasteiger partial charge in [0.2, 0.25) is 5.91 Å². The Morgan fingerprint density at radius 3 is 2.09 bits per heavy atom. The Kier molecular flexibility index (Phi) is 5.46. The van der Waals surface area contributed by atoms with E-state index in [2.05, 4.69) is 10.6 Å². The minimum absolute atomic E-state index is 0.0848. The zero-order valence-corrected chi connectivity index (χ0v) is 14.0. The monoisotopic (exact) mass is 313 g/mol. The maximum absolute atomic E-state index is 12.2. The number of hydrogen-bond acceptors (Lipinski definition) is 4. The van der Waals surface area contributed by atoms with Gasteiger partial charge in [-0.2, -0.15) is 0 Å². The molecule has 1 amide bonds. The average Bonchev–Trinajstić information content (AvgIpc) is 2.56. The van der Waals surface area contributed by atoms with Crippen molar-refractivity contribution in [2.75, 3.05) is 36.7 Å². The van der Waals surface area contributed by atoms with Gasteiger partial charge < -0.3 is 20.3 Å². The molecule has 0 bridgehead atoms. The van der Waals surface area contributed by atoms with Crippen molar-refractivity contribution < 1.29 is 9.53 Å². The van der Waals surface area contributed by atoms with E-state index >= 15 is 0 Å². The number of methoxy groups -OCH3 is 1. The first-order valence-corrected chi connectivity index (χ1v) is 7.48. The lowest BCUT2D eigenvalue weighted by Gasteiger charge is -2.16. The predicted molar refractivity (Wildman–Crippen MR) is 95.5 cm³/mol. The molecule has 0 aliphatic rings. The Morgan fingerprint density at radius 1 is 1.00 bits per heavy atom. The fourth-order valence-corrected chi connectivity index (χ4v) is 2.10. The number of benzene rings is 2. The molecule has 0 aromatic heterocycles. The van der Waals surface area contributed by atoms with Gasteiger partial charge in [0.25, 0.3) is 0 Å². The number of amides is 1. The average molecular weight is 313 g/mol. The fraction of sp³-hybridized carbons (Fsp3) is 0.278. The van der Waals surface area contributed by atoms with Crippen molar-refractivity contribution in [3.63, 3.8) is 0 Å². The Hall–Kier alpha value is -2.69. The third-order valence-corrected chi connectivity index (χ3v) is 3.52. The van der Waals surface area contributed by atoms with Gasteiger partial charge in [-0.1, -0.05) is 0 Å². The topological polar surface area (TPSA) is 53.6 Å². The van der Waals surface area contributed by atoms with Gasteiger partial charge in [0.05, 0.1) is 7.11 Å². The summed E-state index contributed by atoms with van der Waals surface area (Å²) in [6.07, 6.45) is 0. The number of nitrogens with zero attached hydrogens (tertiary/aromatic N) is 1. The molecule has 1 atom stereocenters. The number of ether oxygens (including phenoxy) is 1. The van der Waals surface area contributed by atoms with Gasteiger partial charge in [0, 0.05) is 31.2 Å². The van der Waals surface area contributed by atoms with Gasteiger partial charge in [0.15, 0.2) is 0 Å². The first-order chi connectivity index (χ1) is 11.0. The summed E-state index contributed by atoms with van der Waals surface area (Å²) in [6, 6.07) is 14.9. The van der Waals surface area contributed by atoms with Crippen LogP contribution in [0.15, 0.2) is 48.5 Å². The van der Waals surface area contributed by atoms with Crippen molar-refractivity contribution in [3.8, 4) is 5.75 Å². The van der Waals surface area contributed by atoms with Crippen LogP contribution in [-0.2, 0) is 4.79 Å². The van der Waals surface area contributed by atoms with Crippen LogP contribution in [0, 0.1) is 0 Å². The van der Waals surface area contributed by atoms with Gasteiger partial charge in [-0.15, -0.1) is 0 Å². The molecule has 2 N–H and O–H groups in total. The van der Waals surface area contributed by atoms with E-state index in [-0.39, 0.29) is 11.9 Å². The third kappa shape index (κ3) is 4.64. The highest BCUT2D eigenvalue weighted by Gasteiger charge is 2.12. The number of rotatable bonds is 6. The van der Waals surface area contributed by atoms with Crippen molar-refractivity contribution in [1.82, 2.24) is 0 Å². The van der Waals surface area contributed by atoms with E-state index < -0.39 is 0 Å². The van der Waals surface area contributed by atoms with Crippen LogP contribution < -0.4 is 20.3 Å². The summed E-state index contributed by atoms with van der Waals surface area (Å²) in [5.41, 5.74) is 2.74. The highest BCUT2D eigenvalue weighted by Crippen LogP contribution is 2.18. The second-order valence-corrected chi connectivity index (χ2v) is 5.53. The van der Waals surface area contributed by atoms with E-state index in [1.54, 1.807) is 7.11 Å². The lowest BCUT2D eigenvalue weighted by Crippen LogP contribution is -2.31. The van der Waals surface area contributed by atoms with E-state index in [4.69, 9.17) is 4.74 Å². The molecule has 0 heterocycles. The van der Waals surface area contributed by atoms with Gasteiger partial charge >= 0.3 is 0 Å². The van der Waals surface area contributed by atoms with Crippen molar-refractivity contribution >= 4 is 23.0 Å². The van der Waals surface area contributed by atoms with Crippen molar-refractivity contribution in [2.24, 2.45) is 0 Å². The second-order valence-electron chi connectivity index (χ2n) is 5.53. The normalized spacial score (nSPS) is 11.5. The molecular weight excluding hydrogens is 290 g/mol. The first kappa shape index (κ1) is 16.7. The molecular formula is C18H23N3O2. The SMILES string of the molecule is COc1ccc(N[C@H](C)C(=O)Nc2ccc(N(C)C)cc2)cc1. The maximum Gasteiger partial charge on any atom is 0.246 e. The van der Waals surface area contributed by atoms with Crippen LogP contribution in [0.3, 0.4) is 0 Å². The molecule has 0 radical (unpaired) electrons. The molecule has 122 valence electrons. The number of anilines is 3. The van der Waals surface area contributed by atoms with Crippen LogP contribution in [0.1, 0.15) is 6.92 Å². The molecule has 5 nitrogen and oxygen atoms in total. The van der Waals surface area contributed by atoms with Crippen LogP contribution >= 0.6 is 0 Å². The predicted octanol–water partition coefficient (Wildman–Crippen LogP) is 3.20. The van der Waals surface area contributed by atoms with E-state index in [0.717, 1.165) is 22.8 Å². The van der Waals surface area contributed by atoms with Gasteiger partial charge in [-0.3, -0.25) is 4.79 Å². The smallest absolute Gasteiger partial charge is 0.246 e. The molecule has 2 rings (SSSR count). The second kappa shape index (κ2) is 7.54. The number of carbonyl (C=O) groups excluding carboxylic acids is 1.